The van der Waals surface area contributed by atoms with Crippen molar-refractivity contribution in [3.05, 3.63) is 29.8 Å². The lowest BCUT2D eigenvalue weighted by Crippen LogP contribution is -2.57. The van der Waals surface area contributed by atoms with E-state index in [1.54, 1.807) is 6.92 Å². The molecule has 0 spiro atoms. The fourth-order valence-corrected chi connectivity index (χ4v) is 2.65. The maximum absolute atomic E-state index is 11.8. The third-order valence-corrected chi connectivity index (χ3v) is 3.95. The first-order chi connectivity index (χ1) is 10.1. The highest BCUT2D eigenvalue weighted by atomic mass is 16.5. The molecule has 1 atom stereocenters. The summed E-state index contributed by atoms with van der Waals surface area (Å²) < 4.78 is 10.7. The van der Waals surface area contributed by atoms with Crippen molar-refractivity contribution in [3.8, 4) is 5.75 Å². The van der Waals surface area contributed by atoms with Gasteiger partial charge in [-0.1, -0.05) is 12.1 Å². The first-order valence-corrected chi connectivity index (χ1v) is 7.34. The van der Waals surface area contributed by atoms with Gasteiger partial charge in [-0.05, 0) is 31.5 Å². The number of benzene rings is 1. The number of hydrogen-bond donors (Lipinski definition) is 1. The quantitative estimate of drug-likeness (QED) is 0.866. The Kier molecular flexibility index (Phi) is 5.20. The Morgan fingerprint density at radius 3 is 2.48 bits per heavy atom. The van der Waals surface area contributed by atoms with Gasteiger partial charge < -0.3 is 14.6 Å². The predicted octanol–water partition coefficient (Wildman–Crippen LogP) is 1.80. The third-order valence-electron chi connectivity index (χ3n) is 3.95. The van der Waals surface area contributed by atoms with Gasteiger partial charge in [-0.15, -0.1) is 0 Å². The first kappa shape index (κ1) is 15.8. The molecule has 0 aromatic heterocycles. The number of aliphatic carboxylic acids is 1. The van der Waals surface area contributed by atoms with Crippen LogP contribution in [0.2, 0.25) is 0 Å². The Hall–Kier alpha value is -1.59. The number of ether oxygens (including phenoxy) is 2. The molecule has 1 saturated heterocycles. The zero-order chi connectivity index (χ0) is 15.3. The van der Waals surface area contributed by atoms with Gasteiger partial charge in [-0.25, -0.2) is 0 Å². The number of morpholine rings is 1. The molecule has 1 unspecified atom stereocenters. The highest BCUT2D eigenvalue weighted by Gasteiger charge is 2.40. The van der Waals surface area contributed by atoms with Gasteiger partial charge in [0, 0.05) is 19.5 Å². The summed E-state index contributed by atoms with van der Waals surface area (Å²) in [7, 11) is 0. The molecule has 5 heteroatoms. The standard InChI is InChI=1S/C16H23NO4/c1-3-21-14-6-4-13(5-7-14)12-16(2,15(18)19)17-8-10-20-11-9-17/h4-7H,3,8-12H2,1-2H3,(H,18,19). The molecule has 0 saturated carbocycles. The van der Waals surface area contributed by atoms with Crippen molar-refractivity contribution in [3.63, 3.8) is 0 Å². The molecule has 0 amide bonds. The summed E-state index contributed by atoms with van der Waals surface area (Å²) in [5.74, 6) is 0.0166. The van der Waals surface area contributed by atoms with Crippen molar-refractivity contribution in [1.82, 2.24) is 4.90 Å². The summed E-state index contributed by atoms with van der Waals surface area (Å²) >= 11 is 0. The van der Waals surface area contributed by atoms with Gasteiger partial charge in [0.05, 0.1) is 19.8 Å². The van der Waals surface area contributed by atoms with E-state index in [-0.39, 0.29) is 0 Å². The summed E-state index contributed by atoms with van der Waals surface area (Å²) in [6, 6.07) is 7.65. The van der Waals surface area contributed by atoms with Crippen molar-refractivity contribution in [2.24, 2.45) is 0 Å². The highest BCUT2D eigenvalue weighted by molar-refractivity contribution is 5.78. The second kappa shape index (κ2) is 6.91. The summed E-state index contributed by atoms with van der Waals surface area (Å²) in [5, 5.41) is 9.68. The number of carboxylic acids is 1. The highest BCUT2D eigenvalue weighted by Crippen LogP contribution is 2.24. The van der Waals surface area contributed by atoms with E-state index in [9.17, 15) is 9.90 Å². The average Bonchev–Trinajstić information content (AvgIpc) is 2.50. The van der Waals surface area contributed by atoms with Gasteiger partial charge in [0.1, 0.15) is 11.3 Å². The molecule has 0 radical (unpaired) electrons. The topological polar surface area (TPSA) is 59.0 Å². The fraction of sp³-hybridized carbons (Fsp3) is 0.562. The summed E-state index contributed by atoms with van der Waals surface area (Å²) in [4.78, 5) is 13.8. The van der Waals surface area contributed by atoms with E-state index in [2.05, 4.69) is 0 Å². The van der Waals surface area contributed by atoms with Crippen LogP contribution in [0, 0.1) is 0 Å². The summed E-state index contributed by atoms with van der Waals surface area (Å²) in [6.45, 7) is 6.84. The molecule has 21 heavy (non-hydrogen) atoms. The molecule has 1 aromatic carbocycles. The van der Waals surface area contributed by atoms with Crippen LogP contribution >= 0.6 is 0 Å². The predicted molar refractivity (Wildman–Crippen MR) is 79.7 cm³/mol. The molecule has 1 aliphatic rings. The van der Waals surface area contributed by atoms with Gasteiger partial charge >= 0.3 is 5.97 Å². The van der Waals surface area contributed by atoms with Crippen LogP contribution < -0.4 is 4.74 Å². The molecule has 1 fully saturated rings. The van der Waals surface area contributed by atoms with E-state index in [1.807, 2.05) is 36.1 Å². The van der Waals surface area contributed by atoms with Crippen molar-refractivity contribution in [1.29, 1.82) is 0 Å². The zero-order valence-corrected chi connectivity index (χ0v) is 12.7. The first-order valence-electron chi connectivity index (χ1n) is 7.34. The van der Waals surface area contributed by atoms with Crippen LogP contribution in [0.1, 0.15) is 19.4 Å². The average molecular weight is 293 g/mol. The molecule has 1 aliphatic heterocycles. The number of carbonyl (C=O) groups is 1. The van der Waals surface area contributed by atoms with Crippen LogP contribution in [-0.2, 0) is 16.0 Å². The van der Waals surface area contributed by atoms with Gasteiger partial charge in [0.2, 0.25) is 0 Å². The third kappa shape index (κ3) is 3.74. The Bertz CT molecular complexity index is 468. The molecule has 0 aliphatic carbocycles. The van der Waals surface area contributed by atoms with E-state index >= 15 is 0 Å². The Morgan fingerprint density at radius 2 is 1.95 bits per heavy atom. The second-order valence-corrected chi connectivity index (χ2v) is 5.43. The van der Waals surface area contributed by atoms with E-state index < -0.39 is 11.5 Å². The maximum atomic E-state index is 11.8. The summed E-state index contributed by atoms with van der Waals surface area (Å²) in [6.07, 6.45) is 0.467. The molecule has 5 nitrogen and oxygen atoms in total. The molecular formula is C16H23NO4. The fourth-order valence-electron chi connectivity index (χ4n) is 2.65. The molecule has 2 rings (SSSR count). The molecular weight excluding hydrogens is 270 g/mol. The van der Waals surface area contributed by atoms with E-state index in [1.165, 1.54) is 0 Å². The van der Waals surface area contributed by atoms with Gasteiger partial charge in [-0.2, -0.15) is 0 Å². The van der Waals surface area contributed by atoms with Gasteiger partial charge in [0.15, 0.2) is 0 Å². The van der Waals surface area contributed by atoms with Gasteiger partial charge in [-0.3, -0.25) is 9.69 Å². The number of hydrogen-bond acceptors (Lipinski definition) is 4. The Morgan fingerprint density at radius 1 is 1.33 bits per heavy atom. The van der Waals surface area contributed by atoms with Crippen LogP contribution in [0.5, 0.6) is 5.75 Å². The van der Waals surface area contributed by atoms with Crippen molar-refractivity contribution in [2.45, 2.75) is 25.8 Å². The SMILES string of the molecule is CCOc1ccc(CC(C)(C(=O)O)N2CCOCC2)cc1. The van der Waals surface area contributed by atoms with Crippen LogP contribution in [-0.4, -0.2) is 54.4 Å². The Balaban J connectivity index is 2.13. The molecule has 1 N–H and O–H groups in total. The van der Waals surface area contributed by atoms with Crippen LogP contribution in [0.4, 0.5) is 0 Å². The van der Waals surface area contributed by atoms with Crippen LogP contribution in [0.25, 0.3) is 0 Å². The second-order valence-electron chi connectivity index (χ2n) is 5.43. The lowest BCUT2D eigenvalue weighted by molar-refractivity contribution is -0.153. The molecule has 1 heterocycles. The van der Waals surface area contributed by atoms with Crippen LogP contribution in [0.3, 0.4) is 0 Å². The Labute approximate surface area is 125 Å². The van der Waals surface area contributed by atoms with E-state index in [4.69, 9.17) is 9.47 Å². The smallest absolute Gasteiger partial charge is 0.324 e. The minimum absolute atomic E-state index is 0.467. The molecule has 0 bridgehead atoms. The molecule has 116 valence electrons. The number of nitrogens with zero attached hydrogens (tertiary/aromatic N) is 1. The van der Waals surface area contributed by atoms with Crippen LogP contribution in [0.15, 0.2) is 24.3 Å². The zero-order valence-electron chi connectivity index (χ0n) is 12.7. The minimum atomic E-state index is -0.906. The van der Waals surface area contributed by atoms with E-state index in [0.29, 0.717) is 39.3 Å². The molecule has 1 aromatic rings. The van der Waals surface area contributed by atoms with Gasteiger partial charge in [0.25, 0.3) is 0 Å². The lowest BCUT2D eigenvalue weighted by Gasteiger charge is -2.40. The van der Waals surface area contributed by atoms with Crippen molar-refractivity contribution < 1.29 is 19.4 Å². The largest absolute Gasteiger partial charge is 0.494 e. The number of rotatable bonds is 6. The van der Waals surface area contributed by atoms with Crippen molar-refractivity contribution >= 4 is 5.97 Å². The van der Waals surface area contributed by atoms with E-state index in [0.717, 1.165) is 11.3 Å². The lowest BCUT2D eigenvalue weighted by atomic mass is 9.90. The normalized spacial score (nSPS) is 19.0. The maximum Gasteiger partial charge on any atom is 0.324 e. The summed E-state index contributed by atoms with van der Waals surface area (Å²) in [5.41, 5.74) is 0.0894. The van der Waals surface area contributed by atoms with Crippen molar-refractivity contribution in [2.75, 3.05) is 32.9 Å². The number of carboxylic acid groups (broad SMARTS) is 1. The minimum Gasteiger partial charge on any atom is -0.494 e. The monoisotopic (exact) mass is 293 g/mol.